The molecule has 0 heterocycles. The topological polar surface area (TPSA) is 32.3 Å². The first-order chi connectivity index (χ1) is 8.56. The van der Waals surface area contributed by atoms with Gasteiger partial charge in [-0.2, -0.15) is 0 Å². The number of hydrogen-bond donors (Lipinski definition) is 2. The zero-order valence-corrected chi connectivity index (χ0v) is 11.7. The summed E-state index contributed by atoms with van der Waals surface area (Å²) in [7, 11) is 0. The first kappa shape index (κ1) is 13.3. The summed E-state index contributed by atoms with van der Waals surface area (Å²) >= 11 is 0. The molecular formula is C16H25NO. The van der Waals surface area contributed by atoms with Crippen molar-refractivity contribution in [3.05, 3.63) is 23.8 Å². The molecule has 1 saturated carbocycles. The second kappa shape index (κ2) is 5.64. The van der Waals surface area contributed by atoms with Crippen molar-refractivity contribution >= 4 is 5.69 Å². The van der Waals surface area contributed by atoms with Gasteiger partial charge in [0, 0.05) is 11.7 Å². The van der Waals surface area contributed by atoms with E-state index < -0.39 is 0 Å². The molecule has 2 unspecified atom stereocenters. The minimum absolute atomic E-state index is 0.349. The minimum Gasteiger partial charge on any atom is -0.508 e. The average Bonchev–Trinajstić information content (AvgIpc) is 2.33. The summed E-state index contributed by atoms with van der Waals surface area (Å²) in [6.07, 6.45) is 5.25. The van der Waals surface area contributed by atoms with Crippen molar-refractivity contribution in [2.45, 2.75) is 52.5 Å². The Kier molecular flexibility index (Phi) is 4.15. The zero-order valence-electron chi connectivity index (χ0n) is 11.7. The summed E-state index contributed by atoms with van der Waals surface area (Å²) in [6, 6.07) is 6.17. The Morgan fingerprint density at radius 3 is 2.72 bits per heavy atom. The lowest BCUT2D eigenvalue weighted by molar-refractivity contribution is 0.264. The summed E-state index contributed by atoms with van der Waals surface area (Å²) in [5.41, 5.74) is 2.30. The summed E-state index contributed by atoms with van der Waals surface area (Å²) in [6.45, 7) is 6.71. The number of benzene rings is 1. The first-order valence-electron chi connectivity index (χ1n) is 7.12. The van der Waals surface area contributed by atoms with Gasteiger partial charge in [0.15, 0.2) is 0 Å². The van der Waals surface area contributed by atoms with E-state index in [1.165, 1.54) is 31.4 Å². The average molecular weight is 247 g/mol. The number of phenols is 1. The quantitative estimate of drug-likeness (QED) is 0.779. The number of aromatic hydroxyl groups is 1. The van der Waals surface area contributed by atoms with Crippen molar-refractivity contribution in [2.75, 3.05) is 5.32 Å². The number of anilines is 1. The Balaban J connectivity index is 2.00. The van der Waals surface area contributed by atoms with Crippen LogP contribution in [0.3, 0.4) is 0 Å². The van der Waals surface area contributed by atoms with E-state index in [0.717, 1.165) is 17.4 Å². The molecule has 0 aliphatic heterocycles. The lowest BCUT2D eigenvalue weighted by Gasteiger charge is -2.33. The molecule has 2 rings (SSSR count). The number of aryl methyl sites for hydroxylation is 1. The van der Waals surface area contributed by atoms with Gasteiger partial charge in [0.05, 0.1) is 0 Å². The molecule has 1 fully saturated rings. The smallest absolute Gasteiger partial charge is 0.115 e. The maximum absolute atomic E-state index is 9.43. The van der Waals surface area contributed by atoms with E-state index in [4.69, 9.17) is 0 Å². The van der Waals surface area contributed by atoms with Crippen LogP contribution >= 0.6 is 0 Å². The van der Waals surface area contributed by atoms with Crippen LogP contribution in [0.5, 0.6) is 5.75 Å². The van der Waals surface area contributed by atoms with Gasteiger partial charge in [-0.05, 0) is 55.4 Å². The van der Waals surface area contributed by atoms with E-state index in [-0.39, 0.29) is 0 Å². The van der Waals surface area contributed by atoms with Crippen LogP contribution in [0.1, 0.15) is 45.1 Å². The predicted octanol–water partition coefficient (Wildman–Crippen LogP) is 4.33. The van der Waals surface area contributed by atoms with Crippen LogP contribution in [0.2, 0.25) is 0 Å². The fourth-order valence-corrected chi connectivity index (χ4v) is 2.99. The van der Waals surface area contributed by atoms with E-state index in [1.54, 1.807) is 6.07 Å². The van der Waals surface area contributed by atoms with Gasteiger partial charge in [0.25, 0.3) is 0 Å². The van der Waals surface area contributed by atoms with Gasteiger partial charge in [-0.1, -0.05) is 26.7 Å². The van der Waals surface area contributed by atoms with E-state index in [9.17, 15) is 5.11 Å². The fourth-order valence-electron chi connectivity index (χ4n) is 2.99. The molecule has 0 radical (unpaired) electrons. The van der Waals surface area contributed by atoms with Gasteiger partial charge in [-0.15, -0.1) is 0 Å². The molecule has 0 aromatic heterocycles. The normalized spacial score (nSPS) is 24.2. The van der Waals surface area contributed by atoms with Gasteiger partial charge < -0.3 is 10.4 Å². The maximum Gasteiger partial charge on any atom is 0.115 e. The second-order valence-corrected chi connectivity index (χ2v) is 6.01. The summed E-state index contributed by atoms with van der Waals surface area (Å²) in [5, 5.41) is 13.1. The molecule has 2 nitrogen and oxygen atoms in total. The van der Waals surface area contributed by atoms with E-state index in [1.807, 2.05) is 19.1 Å². The van der Waals surface area contributed by atoms with Crippen LogP contribution in [-0.2, 0) is 0 Å². The summed E-state index contributed by atoms with van der Waals surface area (Å²) < 4.78 is 0. The Morgan fingerprint density at radius 2 is 2.06 bits per heavy atom. The van der Waals surface area contributed by atoms with Crippen LogP contribution in [0.4, 0.5) is 5.69 Å². The predicted molar refractivity (Wildman–Crippen MR) is 77.1 cm³/mol. The highest BCUT2D eigenvalue weighted by Crippen LogP contribution is 2.32. The van der Waals surface area contributed by atoms with Crippen molar-refractivity contribution in [3.63, 3.8) is 0 Å². The molecule has 1 aliphatic carbocycles. The molecule has 100 valence electrons. The highest BCUT2D eigenvalue weighted by molar-refractivity contribution is 5.53. The molecule has 0 bridgehead atoms. The van der Waals surface area contributed by atoms with Crippen molar-refractivity contribution in [2.24, 2.45) is 11.8 Å². The van der Waals surface area contributed by atoms with Crippen LogP contribution in [-0.4, -0.2) is 11.1 Å². The second-order valence-electron chi connectivity index (χ2n) is 6.01. The lowest BCUT2D eigenvalue weighted by atomic mass is 9.79. The van der Waals surface area contributed by atoms with Gasteiger partial charge in [-0.25, -0.2) is 0 Å². The molecule has 0 saturated heterocycles. The van der Waals surface area contributed by atoms with E-state index in [0.29, 0.717) is 11.8 Å². The lowest BCUT2D eigenvalue weighted by Crippen LogP contribution is -2.29. The third-order valence-electron chi connectivity index (χ3n) is 4.23. The van der Waals surface area contributed by atoms with E-state index in [2.05, 4.69) is 19.2 Å². The maximum atomic E-state index is 9.43. The number of hydrogen-bond acceptors (Lipinski definition) is 2. The first-order valence-corrected chi connectivity index (χ1v) is 7.12. The van der Waals surface area contributed by atoms with Crippen LogP contribution in [0, 0.1) is 18.8 Å². The Labute approximate surface area is 110 Å². The SMILES string of the molecule is Cc1cc(O)ccc1NC1CCCC(C(C)C)C1. The monoisotopic (exact) mass is 247 g/mol. The Hall–Kier alpha value is -1.18. The highest BCUT2D eigenvalue weighted by atomic mass is 16.3. The molecule has 1 aromatic rings. The Bertz CT molecular complexity index is 400. The zero-order chi connectivity index (χ0) is 13.1. The molecular weight excluding hydrogens is 222 g/mol. The summed E-state index contributed by atoms with van der Waals surface area (Å²) in [4.78, 5) is 0. The highest BCUT2D eigenvalue weighted by Gasteiger charge is 2.24. The minimum atomic E-state index is 0.349. The molecule has 2 N–H and O–H groups in total. The molecule has 0 spiro atoms. The van der Waals surface area contributed by atoms with Crippen molar-refractivity contribution in [1.82, 2.24) is 0 Å². The van der Waals surface area contributed by atoms with Crippen molar-refractivity contribution < 1.29 is 5.11 Å². The standard InChI is InChI=1S/C16H25NO/c1-11(2)13-5-4-6-14(10-13)17-16-8-7-15(18)9-12(16)3/h7-9,11,13-14,17-18H,4-6,10H2,1-3H3. The van der Waals surface area contributed by atoms with Gasteiger partial charge in [0.2, 0.25) is 0 Å². The van der Waals surface area contributed by atoms with Gasteiger partial charge in [0.1, 0.15) is 5.75 Å². The van der Waals surface area contributed by atoms with Crippen molar-refractivity contribution in [1.29, 1.82) is 0 Å². The van der Waals surface area contributed by atoms with Crippen molar-refractivity contribution in [3.8, 4) is 5.75 Å². The fraction of sp³-hybridized carbons (Fsp3) is 0.625. The molecule has 2 atom stereocenters. The number of phenolic OH excluding ortho intramolecular Hbond substituents is 1. The Morgan fingerprint density at radius 1 is 1.28 bits per heavy atom. The molecule has 18 heavy (non-hydrogen) atoms. The molecule has 0 amide bonds. The number of nitrogens with one attached hydrogen (secondary N) is 1. The summed E-state index contributed by atoms with van der Waals surface area (Å²) in [5.74, 6) is 1.99. The van der Waals surface area contributed by atoms with Crippen LogP contribution < -0.4 is 5.32 Å². The molecule has 1 aromatic carbocycles. The number of rotatable bonds is 3. The van der Waals surface area contributed by atoms with Crippen LogP contribution in [0.25, 0.3) is 0 Å². The van der Waals surface area contributed by atoms with Gasteiger partial charge in [-0.3, -0.25) is 0 Å². The largest absolute Gasteiger partial charge is 0.508 e. The van der Waals surface area contributed by atoms with Crippen LogP contribution in [0.15, 0.2) is 18.2 Å². The molecule has 2 heteroatoms. The molecule has 1 aliphatic rings. The van der Waals surface area contributed by atoms with Gasteiger partial charge >= 0.3 is 0 Å². The third kappa shape index (κ3) is 3.18. The third-order valence-corrected chi connectivity index (χ3v) is 4.23. The van der Waals surface area contributed by atoms with E-state index >= 15 is 0 Å².